The maximum Gasteiger partial charge on any atom is 0.490 e. The molecule has 436 valence electrons. The molecule has 2 aliphatic rings. The number of hydrogen-bond donors (Lipinski definition) is 4. The fourth-order valence-electron chi connectivity index (χ4n) is 9.18. The highest BCUT2D eigenvalue weighted by atomic mass is 79.9. The Kier molecular flexibility index (Phi) is 18.5. The van der Waals surface area contributed by atoms with E-state index in [2.05, 4.69) is 76.7 Å². The zero-order chi connectivity index (χ0) is 61.7. The van der Waals surface area contributed by atoms with Crippen molar-refractivity contribution in [1.82, 2.24) is 49.8 Å². The van der Waals surface area contributed by atoms with Gasteiger partial charge in [0, 0.05) is 115 Å². The van der Waals surface area contributed by atoms with Gasteiger partial charge >= 0.3 is 21.1 Å². The first-order chi connectivity index (χ1) is 41.6. The molecule has 0 amide bonds. The summed E-state index contributed by atoms with van der Waals surface area (Å²) >= 11 is 6.82. The van der Waals surface area contributed by atoms with Gasteiger partial charge in [-0.2, -0.15) is 0 Å². The molecule has 0 radical (unpaired) electrons. The van der Waals surface area contributed by atoms with Crippen molar-refractivity contribution < 1.29 is 28.7 Å². The first-order valence-corrected chi connectivity index (χ1v) is 29.3. The third-order valence-electron chi connectivity index (χ3n) is 15.3. The molecule has 4 N–H and O–H groups in total. The van der Waals surface area contributed by atoms with Crippen LogP contribution in [0.15, 0.2) is 208 Å². The molecule has 12 aromatic rings. The molecule has 2 aliphatic heterocycles. The molecule has 0 saturated carbocycles. The zero-order valence-electron chi connectivity index (χ0n) is 48.8. The van der Waals surface area contributed by atoms with Gasteiger partial charge in [-0.15, -0.1) is 0 Å². The summed E-state index contributed by atoms with van der Waals surface area (Å²) in [4.78, 5) is 64.3. The summed E-state index contributed by atoms with van der Waals surface area (Å²) in [5.41, 5.74) is 7.47. The summed E-state index contributed by atoms with van der Waals surface area (Å²) in [5.74, 6) is 0. The van der Waals surface area contributed by atoms with Gasteiger partial charge in [0.1, 0.15) is 11.3 Å². The average molecular weight is 1290 g/mol. The van der Waals surface area contributed by atoms with Crippen LogP contribution in [0.3, 0.4) is 0 Å². The lowest BCUT2D eigenvalue weighted by Crippen LogP contribution is -2.41. The lowest BCUT2D eigenvalue weighted by molar-refractivity contribution is 0.00578. The molecular formula is C64H59B3Br2N10O8. The van der Waals surface area contributed by atoms with Crippen LogP contribution in [0, 0.1) is 0 Å². The number of H-pyrrole nitrogens is 2. The van der Waals surface area contributed by atoms with Gasteiger partial charge in [-0.1, -0.05) is 60.7 Å². The molecule has 0 atom stereocenters. The number of fused-ring (bicyclic) bond motifs is 5. The van der Waals surface area contributed by atoms with E-state index in [9.17, 15) is 9.59 Å². The minimum atomic E-state index is -1.47. The fraction of sp³-hybridized carbons (Fsp3) is 0.188. The smallest absolute Gasteiger partial charge is 0.423 e. The maximum absolute atomic E-state index is 12.3. The quantitative estimate of drug-likeness (QED) is 0.117. The van der Waals surface area contributed by atoms with E-state index in [1.165, 1.54) is 18.3 Å². The Morgan fingerprint density at radius 3 is 1.38 bits per heavy atom. The largest absolute Gasteiger partial charge is 0.490 e. The van der Waals surface area contributed by atoms with E-state index in [1.807, 2.05) is 171 Å². The van der Waals surface area contributed by atoms with E-state index in [1.54, 1.807) is 55.5 Å². The summed E-state index contributed by atoms with van der Waals surface area (Å²) in [6, 6.07) is 43.5. The van der Waals surface area contributed by atoms with Gasteiger partial charge in [-0.05, 0) is 154 Å². The van der Waals surface area contributed by atoms with Gasteiger partial charge < -0.3 is 38.6 Å². The third kappa shape index (κ3) is 14.1. The number of nitrogens with zero attached hydrogens (tertiary/aromatic N) is 8. The Morgan fingerprint density at radius 2 is 0.885 bits per heavy atom. The van der Waals surface area contributed by atoms with Gasteiger partial charge in [0.2, 0.25) is 0 Å². The van der Waals surface area contributed by atoms with Crippen LogP contribution in [-0.4, -0.2) is 103 Å². The first-order valence-electron chi connectivity index (χ1n) is 27.7. The van der Waals surface area contributed by atoms with Crippen LogP contribution < -0.4 is 16.3 Å². The van der Waals surface area contributed by atoms with Crippen molar-refractivity contribution in [3.8, 4) is 33.6 Å². The minimum absolute atomic E-state index is 0.0310. The molecule has 0 aliphatic carbocycles. The van der Waals surface area contributed by atoms with Crippen LogP contribution in [0.1, 0.15) is 55.4 Å². The van der Waals surface area contributed by atoms with Gasteiger partial charge in [0.05, 0.1) is 44.6 Å². The molecule has 0 bridgehead atoms. The Balaban J connectivity index is 0.000000125. The Bertz CT molecular complexity index is 4480. The number of aromatic nitrogens is 10. The second kappa shape index (κ2) is 26.0. The van der Waals surface area contributed by atoms with E-state index in [4.69, 9.17) is 33.6 Å². The van der Waals surface area contributed by atoms with Crippen LogP contribution in [0.5, 0.6) is 0 Å². The topological polar surface area (TPSA) is 246 Å². The molecule has 12 heterocycles. The SMILES string of the molecule is Brc1cnc2ncccc2c1.CC1(C)OB(B2OC(C)(C)C(C)(C)O2)OC1(C)C.O=c1cc[nH]c2nc(-c3ccccc3)c(-c3cnc4ncccc4c3)cc12.O=c1cc[nH]c2nc(-c3ccccc3)c(Br)cc12.OB(O)c1cnc2ncccc2c1. The van der Waals surface area contributed by atoms with Crippen molar-refractivity contribution in [2.75, 3.05) is 0 Å². The summed E-state index contributed by atoms with van der Waals surface area (Å²) in [7, 11) is -2.43. The van der Waals surface area contributed by atoms with E-state index in [0.717, 1.165) is 64.4 Å². The van der Waals surface area contributed by atoms with Crippen molar-refractivity contribution in [3.63, 3.8) is 0 Å². The number of hydrogen-bond acceptors (Lipinski definition) is 16. The molecule has 2 saturated heterocycles. The number of halogens is 2. The molecule has 10 aromatic heterocycles. The fourth-order valence-corrected chi connectivity index (χ4v) is 10.1. The molecular weight excluding hydrogens is 1230 g/mol. The molecule has 2 aromatic carbocycles. The van der Waals surface area contributed by atoms with Crippen LogP contribution in [0.25, 0.3) is 88.8 Å². The number of rotatable bonds is 5. The van der Waals surface area contributed by atoms with Gasteiger partial charge in [-0.3, -0.25) is 9.59 Å². The van der Waals surface area contributed by atoms with Crippen molar-refractivity contribution in [2.45, 2.75) is 77.8 Å². The average Bonchev–Trinajstić information content (AvgIpc) is 1.86. The van der Waals surface area contributed by atoms with Crippen molar-refractivity contribution in [2.24, 2.45) is 0 Å². The van der Waals surface area contributed by atoms with E-state index in [-0.39, 0.29) is 33.3 Å². The summed E-state index contributed by atoms with van der Waals surface area (Å²) in [6.45, 7) is 16.2. The van der Waals surface area contributed by atoms with Gasteiger partial charge in [0.15, 0.2) is 27.8 Å². The van der Waals surface area contributed by atoms with Crippen molar-refractivity contribution >= 4 is 114 Å². The summed E-state index contributed by atoms with van der Waals surface area (Å²) < 4.78 is 25.7. The highest BCUT2D eigenvalue weighted by molar-refractivity contribution is 9.10. The Morgan fingerprint density at radius 1 is 0.460 bits per heavy atom. The van der Waals surface area contributed by atoms with E-state index < -0.39 is 21.1 Å². The number of aromatic amines is 2. The summed E-state index contributed by atoms with van der Waals surface area (Å²) in [6.07, 6.45) is 13.3. The molecule has 18 nitrogen and oxygen atoms in total. The lowest BCUT2D eigenvalue weighted by atomic mass is 9.49. The normalized spacial score (nSPS) is 15.1. The minimum Gasteiger partial charge on any atom is -0.423 e. The first kappa shape index (κ1) is 61.8. The number of benzene rings is 2. The standard InChI is InChI=1S/C22H14N4O.C14H9BrN2O.C12H24B2O4.C8H7BN2O2.C8H5BrN2/c27-19-8-10-24-22-18(19)12-17(20(26-22)14-5-2-1-3-6-14)16-11-15-7-4-9-23-21(15)25-13-16;15-11-8-10-12(18)6-7-16-14(10)17-13(11)9-4-2-1-3-5-9;1-9(2)10(3,4)16-13(15-9)14-17-11(5,6)12(7,8)18-14;12-9(13)7-4-6-2-1-3-10-8(6)11-5-7;9-7-4-6-2-1-3-10-8(6)11-5-7/h1-13H,(H,24,26,27);1-8H,(H,16,17,18);1-8H3;1-5,12-13H;1-5H. The molecule has 23 heteroatoms. The monoisotopic (exact) mass is 1290 g/mol. The predicted octanol–water partition coefficient (Wildman–Crippen LogP) is 11.5. The third-order valence-corrected chi connectivity index (χ3v) is 16.3. The maximum atomic E-state index is 12.3. The summed E-state index contributed by atoms with van der Waals surface area (Å²) in [5, 5.41) is 21.7. The number of pyridine rings is 10. The van der Waals surface area contributed by atoms with Crippen molar-refractivity contribution in [3.05, 3.63) is 218 Å². The van der Waals surface area contributed by atoms with Crippen LogP contribution in [-0.2, 0) is 18.6 Å². The molecule has 2 fully saturated rings. The molecule has 14 rings (SSSR count). The van der Waals surface area contributed by atoms with Crippen LogP contribution >= 0.6 is 31.9 Å². The molecule has 87 heavy (non-hydrogen) atoms. The Labute approximate surface area is 519 Å². The van der Waals surface area contributed by atoms with E-state index in [0.29, 0.717) is 38.8 Å². The highest BCUT2D eigenvalue weighted by Crippen LogP contribution is 2.43. The van der Waals surface area contributed by atoms with Crippen LogP contribution in [0.4, 0.5) is 0 Å². The predicted molar refractivity (Wildman–Crippen MR) is 351 cm³/mol. The van der Waals surface area contributed by atoms with Crippen molar-refractivity contribution in [1.29, 1.82) is 0 Å². The number of nitrogens with one attached hydrogen (secondary N) is 2. The second-order valence-corrected chi connectivity index (χ2v) is 24.1. The highest BCUT2D eigenvalue weighted by Gasteiger charge is 2.63. The van der Waals surface area contributed by atoms with Gasteiger partial charge in [0.25, 0.3) is 0 Å². The molecule has 0 unspecified atom stereocenters. The van der Waals surface area contributed by atoms with Crippen LogP contribution in [0.2, 0.25) is 0 Å². The van der Waals surface area contributed by atoms with Gasteiger partial charge in [-0.25, -0.2) is 39.9 Å². The molecule has 0 spiro atoms. The Hall–Kier alpha value is -8.25. The lowest BCUT2D eigenvalue weighted by Gasteiger charge is -2.32. The second-order valence-electron chi connectivity index (χ2n) is 22.3. The zero-order valence-corrected chi connectivity index (χ0v) is 52.0. The van der Waals surface area contributed by atoms with E-state index >= 15 is 0 Å².